The van der Waals surface area contributed by atoms with Gasteiger partial charge in [0, 0.05) is 0 Å². The van der Waals surface area contributed by atoms with Gasteiger partial charge in [-0.05, 0) is 36.8 Å². The number of benzene rings is 2. The Hall–Kier alpha value is -2.08. The monoisotopic (exact) mass is 446 g/mol. The van der Waals surface area contributed by atoms with Crippen LogP contribution in [-0.2, 0) is 14.4 Å². The summed E-state index contributed by atoms with van der Waals surface area (Å²) in [5.41, 5.74) is 1.28. The minimum absolute atomic E-state index is 0.209. The minimum Gasteiger partial charge on any atom is -0.273 e. The first kappa shape index (κ1) is 21.2. The van der Waals surface area contributed by atoms with E-state index in [-0.39, 0.29) is 17.9 Å². The number of rotatable bonds is 7. The molecule has 0 aliphatic carbocycles. The van der Waals surface area contributed by atoms with Crippen molar-refractivity contribution in [3.05, 3.63) is 58.6 Å². The second-order valence-corrected chi connectivity index (χ2v) is 8.55. The van der Waals surface area contributed by atoms with Crippen LogP contribution in [0.15, 0.2) is 48.5 Å². The molecule has 2 saturated heterocycles. The largest absolute Gasteiger partial charge is 0.273 e. The van der Waals surface area contributed by atoms with Crippen LogP contribution in [0.1, 0.15) is 39.0 Å². The van der Waals surface area contributed by atoms with Crippen LogP contribution >= 0.6 is 23.2 Å². The Morgan fingerprint density at radius 3 is 2.37 bits per heavy atom. The Kier molecular flexibility index (Phi) is 6.32. The molecule has 2 fully saturated rings. The molecule has 2 aromatic carbocycles. The molecule has 5 nitrogen and oxygen atoms in total. The molecule has 0 saturated carbocycles. The van der Waals surface area contributed by atoms with Crippen LogP contribution in [0.5, 0.6) is 0 Å². The first-order valence-corrected chi connectivity index (χ1v) is 11.1. The molecule has 2 heterocycles. The van der Waals surface area contributed by atoms with Gasteiger partial charge in [-0.25, -0.2) is 9.96 Å². The van der Waals surface area contributed by atoms with Crippen molar-refractivity contribution in [2.75, 3.05) is 9.96 Å². The van der Waals surface area contributed by atoms with E-state index < -0.39 is 12.0 Å². The number of carbonyl (C=O) groups excluding carboxylic acids is 2. The van der Waals surface area contributed by atoms with Gasteiger partial charge in [0.2, 0.25) is 5.91 Å². The fraction of sp³-hybridized carbons (Fsp3) is 0.391. The predicted molar refractivity (Wildman–Crippen MR) is 119 cm³/mol. The summed E-state index contributed by atoms with van der Waals surface area (Å²) < 4.78 is 0. The van der Waals surface area contributed by atoms with Crippen LogP contribution in [0.3, 0.4) is 0 Å². The Morgan fingerprint density at radius 2 is 1.67 bits per heavy atom. The molecule has 0 aromatic heterocycles. The normalized spacial score (nSPS) is 23.4. The maximum Gasteiger partial charge on any atom is 0.266 e. The molecular weight excluding hydrogens is 423 g/mol. The average Bonchev–Trinajstić information content (AvgIpc) is 3.24. The molecule has 3 atom stereocenters. The molecule has 4 rings (SSSR count). The summed E-state index contributed by atoms with van der Waals surface area (Å²) in [4.78, 5) is 33.8. The molecule has 30 heavy (non-hydrogen) atoms. The quantitative estimate of drug-likeness (QED) is 0.407. The van der Waals surface area contributed by atoms with Crippen molar-refractivity contribution in [1.82, 2.24) is 0 Å². The fourth-order valence-electron chi connectivity index (χ4n) is 4.27. The van der Waals surface area contributed by atoms with E-state index >= 15 is 0 Å². The summed E-state index contributed by atoms with van der Waals surface area (Å²) >= 11 is 12.3. The molecule has 7 heteroatoms. The lowest BCUT2D eigenvalue weighted by Crippen LogP contribution is -2.40. The van der Waals surface area contributed by atoms with E-state index in [2.05, 4.69) is 6.92 Å². The number of unbranched alkanes of at least 4 members (excludes halogenated alkanes) is 3. The van der Waals surface area contributed by atoms with Crippen molar-refractivity contribution in [2.45, 2.75) is 51.2 Å². The first-order chi connectivity index (χ1) is 14.5. The van der Waals surface area contributed by atoms with E-state index in [4.69, 9.17) is 28.0 Å². The second-order valence-electron chi connectivity index (χ2n) is 7.74. The fourth-order valence-corrected chi connectivity index (χ4v) is 4.57. The maximum absolute atomic E-state index is 13.3. The van der Waals surface area contributed by atoms with E-state index in [9.17, 15) is 9.59 Å². The summed E-state index contributed by atoms with van der Waals surface area (Å²) in [7, 11) is 0. The molecule has 0 spiro atoms. The smallest absolute Gasteiger partial charge is 0.266 e. The summed E-state index contributed by atoms with van der Waals surface area (Å²) in [5.74, 6) is -1.08. The van der Waals surface area contributed by atoms with Gasteiger partial charge in [-0.1, -0.05) is 74.0 Å². The molecular formula is C23H24Cl2N2O3. The van der Waals surface area contributed by atoms with Gasteiger partial charge >= 0.3 is 0 Å². The van der Waals surface area contributed by atoms with Crippen LogP contribution in [0.25, 0.3) is 0 Å². The van der Waals surface area contributed by atoms with Crippen molar-refractivity contribution < 1.29 is 14.4 Å². The first-order valence-electron chi connectivity index (χ1n) is 10.4. The van der Waals surface area contributed by atoms with Crippen LogP contribution < -0.4 is 9.96 Å². The van der Waals surface area contributed by atoms with E-state index in [1.807, 2.05) is 18.2 Å². The van der Waals surface area contributed by atoms with Gasteiger partial charge in [-0.15, -0.1) is 0 Å². The zero-order valence-electron chi connectivity index (χ0n) is 16.8. The highest BCUT2D eigenvalue weighted by molar-refractivity contribution is 6.42. The summed E-state index contributed by atoms with van der Waals surface area (Å²) in [5, 5.41) is 2.55. The topological polar surface area (TPSA) is 49.9 Å². The highest BCUT2D eigenvalue weighted by atomic mass is 35.5. The van der Waals surface area contributed by atoms with Crippen molar-refractivity contribution >= 4 is 46.4 Å². The van der Waals surface area contributed by atoms with Crippen molar-refractivity contribution in [2.24, 2.45) is 5.92 Å². The van der Waals surface area contributed by atoms with E-state index in [1.165, 1.54) is 4.90 Å². The number of halogens is 2. The van der Waals surface area contributed by atoms with Crippen molar-refractivity contribution in [3.63, 3.8) is 0 Å². The molecule has 2 aliphatic heterocycles. The van der Waals surface area contributed by atoms with Gasteiger partial charge in [0.05, 0.1) is 33.4 Å². The van der Waals surface area contributed by atoms with E-state index in [1.54, 1.807) is 35.4 Å². The Morgan fingerprint density at radius 1 is 0.900 bits per heavy atom. The Labute approximate surface area is 186 Å². The molecule has 0 unspecified atom stereocenters. The second kappa shape index (κ2) is 8.96. The average molecular weight is 447 g/mol. The number of para-hydroxylation sites is 1. The van der Waals surface area contributed by atoms with Crippen LogP contribution in [0, 0.1) is 5.92 Å². The number of amides is 2. The molecule has 2 aliphatic rings. The minimum atomic E-state index is -0.830. The number of nitrogens with zero attached hydrogens (tertiary/aromatic N) is 2. The number of anilines is 2. The number of carbonyl (C=O) groups is 2. The summed E-state index contributed by atoms with van der Waals surface area (Å²) in [6, 6.07) is 14.0. The lowest BCUT2D eigenvalue weighted by Gasteiger charge is -2.28. The third-order valence-corrected chi connectivity index (χ3v) is 6.50. The number of hydrogen-bond acceptors (Lipinski definition) is 4. The third kappa shape index (κ3) is 3.82. The van der Waals surface area contributed by atoms with Gasteiger partial charge in [0.25, 0.3) is 5.91 Å². The third-order valence-electron chi connectivity index (χ3n) is 5.76. The van der Waals surface area contributed by atoms with Gasteiger partial charge in [-0.3, -0.25) is 14.4 Å². The number of imide groups is 1. The lowest BCUT2D eigenvalue weighted by molar-refractivity contribution is -0.126. The zero-order chi connectivity index (χ0) is 21.3. The standard InChI is InChI=1S/C23H24Cl2N2O3/c1-2-3-4-8-11-19-20-21(30-27(19)16-12-13-17(24)18(25)14-16)23(29)26(22(20)28)15-9-6-5-7-10-15/h5-7,9-10,12-14,19-21H,2-4,8,11H2,1H3/t19-,20+,21+/m1/s1. The van der Waals surface area contributed by atoms with Crippen LogP contribution in [0.2, 0.25) is 10.0 Å². The highest BCUT2D eigenvalue weighted by Gasteiger charge is 2.59. The van der Waals surface area contributed by atoms with Gasteiger partial charge in [-0.2, -0.15) is 0 Å². The number of fused-ring (bicyclic) bond motifs is 1. The van der Waals surface area contributed by atoms with Gasteiger partial charge in [0.15, 0.2) is 6.10 Å². The lowest BCUT2D eigenvalue weighted by atomic mass is 9.92. The number of hydrogen-bond donors (Lipinski definition) is 0. The molecule has 0 bridgehead atoms. The van der Waals surface area contributed by atoms with Gasteiger partial charge in [0.1, 0.15) is 0 Å². The summed E-state index contributed by atoms with van der Waals surface area (Å²) in [6.45, 7) is 2.16. The van der Waals surface area contributed by atoms with Crippen molar-refractivity contribution in [1.29, 1.82) is 0 Å². The number of hydroxylamine groups is 1. The van der Waals surface area contributed by atoms with Crippen LogP contribution in [-0.4, -0.2) is 24.0 Å². The SMILES string of the molecule is CCCCCC[C@@H]1[C@@H]2C(=O)N(c3ccccc3)C(=O)[C@H]2ON1c1ccc(Cl)c(Cl)c1. The highest BCUT2D eigenvalue weighted by Crippen LogP contribution is 2.43. The zero-order valence-corrected chi connectivity index (χ0v) is 18.3. The molecule has 2 aromatic rings. The molecule has 158 valence electrons. The van der Waals surface area contributed by atoms with Crippen LogP contribution in [0.4, 0.5) is 11.4 Å². The molecule has 0 radical (unpaired) electrons. The van der Waals surface area contributed by atoms with E-state index in [0.29, 0.717) is 21.4 Å². The Bertz CT molecular complexity index is 937. The van der Waals surface area contributed by atoms with Gasteiger partial charge < -0.3 is 0 Å². The molecule has 2 amide bonds. The van der Waals surface area contributed by atoms with E-state index in [0.717, 1.165) is 32.1 Å². The maximum atomic E-state index is 13.3. The predicted octanol–water partition coefficient (Wildman–Crippen LogP) is 5.64. The Balaban J connectivity index is 1.64. The summed E-state index contributed by atoms with van der Waals surface area (Å²) in [6.07, 6.45) is 4.21. The molecule has 0 N–H and O–H groups in total. The van der Waals surface area contributed by atoms with Crippen molar-refractivity contribution in [3.8, 4) is 0 Å².